The number of carbonyl (C=O) groups excluding carboxylic acids is 1. The molecule has 6 N–H and O–H groups in total. The van der Waals surface area contributed by atoms with Crippen LogP contribution in [-0.4, -0.2) is 37.7 Å². The fourth-order valence-corrected chi connectivity index (χ4v) is 3.55. The fourth-order valence-electron chi connectivity index (χ4n) is 3.33. The van der Waals surface area contributed by atoms with Crippen LogP contribution in [0.15, 0.2) is 48.7 Å². The van der Waals surface area contributed by atoms with Crippen molar-refractivity contribution in [2.24, 2.45) is 0 Å². The third-order valence-electron chi connectivity index (χ3n) is 5.21. The number of aryl methyl sites for hydroxylation is 2. The molecule has 0 fully saturated rings. The number of hydrogen-bond donors (Lipinski definition) is 6. The van der Waals surface area contributed by atoms with E-state index >= 15 is 0 Å². The number of nitrogens with zero attached hydrogens (tertiary/aromatic N) is 3. The Labute approximate surface area is 219 Å². The second-order valence-corrected chi connectivity index (χ2v) is 8.64. The van der Waals surface area contributed by atoms with Crippen LogP contribution in [0.5, 0.6) is 5.75 Å². The van der Waals surface area contributed by atoms with Crippen LogP contribution in [-0.2, 0) is 11.0 Å². The molecular weight excluding hydrogens is 525 g/mol. The molecular formula is C24H22ClF3N8O2. The van der Waals surface area contributed by atoms with Crippen LogP contribution >= 0.6 is 11.6 Å². The van der Waals surface area contributed by atoms with Crippen molar-refractivity contribution in [3.63, 3.8) is 0 Å². The molecule has 1 amide bonds. The van der Waals surface area contributed by atoms with Gasteiger partial charge in [0.2, 0.25) is 11.9 Å². The molecule has 2 aromatic carbocycles. The predicted octanol–water partition coefficient (Wildman–Crippen LogP) is 5.73. The van der Waals surface area contributed by atoms with Gasteiger partial charge in [-0.05, 0) is 49.7 Å². The maximum absolute atomic E-state index is 13.1. The van der Waals surface area contributed by atoms with Crippen molar-refractivity contribution in [1.82, 2.24) is 20.2 Å². The van der Waals surface area contributed by atoms with Gasteiger partial charge in [0.25, 0.3) is 0 Å². The average molecular weight is 547 g/mol. The molecule has 2 heterocycles. The van der Waals surface area contributed by atoms with Gasteiger partial charge in [0.1, 0.15) is 0 Å². The van der Waals surface area contributed by atoms with E-state index in [0.29, 0.717) is 17.2 Å². The van der Waals surface area contributed by atoms with E-state index in [9.17, 15) is 23.1 Å². The lowest BCUT2D eigenvalue weighted by molar-refractivity contribution is -0.137. The molecule has 0 aliphatic heterocycles. The maximum atomic E-state index is 13.1. The summed E-state index contributed by atoms with van der Waals surface area (Å²) in [6, 6.07) is 10.1. The van der Waals surface area contributed by atoms with E-state index in [1.165, 1.54) is 12.3 Å². The van der Waals surface area contributed by atoms with Crippen LogP contribution in [0, 0.1) is 13.8 Å². The predicted molar refractivity (Wildman–Crippen MR) is 138 cm³/mol. The lowest BCUT2D eigenvalue weighted by Gasteiger charge is -2.14. The molecule has 4 rings (SSSR count). The number of halogens is 4. The Kier molecular flexibility index (Phi) is 7.57. The summed E-state index contributed by atoms with van der Waals surface area (Å²) in [6.45, 7) is 3.47. The first kappa shape index (κ1) is 26.5. The standard InChI is InChI=1S/C24H22ClF3N8O2/c1-12-3-4-14(29-11-21(38)31-15-5-6-17(25)16(8-15)24(26,27)28)9-18(12)32-23-30-10-19(37)22(34-23)33-20-7-13(2)35-36-20/h3-10,29,37H,11H2,1-2H3,(H,31,38)(H3,30,32,33,34,35,36). The summed E-state index contributed by atoms with van der Waals surface area (Å²) >= 11 is 5.62. The number of hydrogen-bond acceptors (Lipinski definition) is 8. The Hall–Kier alpha value is -4.52. The Morgan fingerprint density at radius 1 is 1.08 bits per heavy atom. The lowest BCUT2D eigenvalue weighted by Crippen LogP contribution is -2.22. The zero-order valence-electron chi connectivity index (χ0n) is 20.0. The second-order valence-electron chi connectivity index (χ2n) is 8.24. The van der Waals surface area contributed by atoms with Crippen LogP contribution in [0.25, 0.3) is 0 Å². The highest BCUT2D eigenvalue weighted by Gasteiger charge is 2.33. The number of benzene rings is 2. The molecule has 0 saturated heterocycles. The molecule has 4 aromatic rings. The van der Waals surface area contributed by atoms with E-state index in [1.807, 2.05) is 13.8 Å². The van der Waals surface area contributed by atoms with Crippen molar-refractivity contribution < 1.29 is 23.1 Å². The number of nitrogens with one attached hydrogen (secondary N) is 5. The van der Waals surface area contributed by atoms with Gasteiger partial charge in [0.15, 0.2) is 17.4 Å². The monoisotopic (exact) mass is 546 g/mol. The summed E-state index contributed by atoms with van der Waals surface area (Å²) in [6.07, 6.45) is -3.41. The number of rotatable bonds is 8. The average Bonchev–Trinajstić information content (AvgIpc) is 3.26. The van der Waals surface area contributed by atoms with E-state index in [2.05, 4.69) is 41.4 Å². The smallest absolute Gasteiger partial charge is 0.417 e. The first-order valence-electron chi connectivity index (χ1n) is 11.1. The molecule has 0 radical (unpaired) electrons. The van der Waals surface area contributed by atoms with Crippen molar-refractivity contribution in [3.05, 3.63) is 70.5 Å². The van der Waals surface area contributed by atoms with Gasteiger partial charge in [-0.25, -0.2) is 4.98 Å². The molecule has 0 saturated carbocycles. The van der Waals surface area contributed by atoms with Crippen molar-refractivity contribution in [2.45, 2.75) is 20.0 Å². The number of anilines is 6. The van der Waals surface area contributed by atoms with Crippen molar-refractivity contribution in [2.75, 3.05) is 27.8 Å². The minimum atomic E-state index is -4.64. The minimum Gasteiger partial charge on any atom is -0.503 e. The first-order valence-corrected chi connectivity index (χ1v) is 11.5. The van der Waals surface area contributed by atoms with E-state index < -0.39 is 22.7 Å². The highest BCUT2D eigenvalue weighted by Crippen LogP contribution is 2.36. The van der Waals surface area contributed by atoms with E-state index in [0.717, 1.165) is 23.4 Å². The molecule has 0 atom stereocenters. The SMILES string of the molecule is Cc1cc(Nc2nc(Nc3cc(NCC(=O)Nc4ccc(Cl)c(C(F)(F)F)c4)ccc3C)ncc2O)n[nH]1. The van der Waals surface area contributed by atoms with Gasteiger partial charge in [-0.2, -0.15) is 23.3 Å². The topological polar surface area (TPSA) is 140 Å². The molecule has 0 bridgehead atoms. The summed E-state index contributed by atoms with van der Waals surface area (Å²) in [7, 11) is 0. The largest absolute Gasteiger partial charge is 0.503 e. The van der Waals surface area contributed by atoms with Crippen LogP contribution in [0.1, 0.15) is 16.8 Å². The Morgan fingerprint density at radius 3 is 2.55 bits per heavy atom. The summed E-state index contributed by atoms with van der Waals surface area (Å²) in [5.74, 6) is 0.0858. The highest BCUT2D eigenvalue weighted by atomic mass is 35.5. The van der Waals surface area contributed by atoms with Crippen molar-refractivity contribution in [1.29, 1.82) is 0 Å². The van der Waals surface area contributed by atoms with Crippen LogP contribution < -0.4 is 21.3 Å². The van der Waals surface area contributed by atoms with Gasteiger partial charge in [0.05, 0.1) is 23.3 Å². The van der Waals surface area contributed by atoms with E-state index in [-0.39, 0.29) is 29.7 Å². The lowest BCUT2D eigenvalue weighted by atomic mass is 10.1. The van der Waals surface area contributed by atoms with Gasteiger partial charge >= 0.3 is 6.18 Å². The van der Waals surface area contributed by atoms with Crippen molar-refractivity contribution >= 4 is 52.2 Å². The van der Waals surface area contributed by atoms with Crippen molar-refractivity contribution in [3.8, 4) is 5.75 Å². The number of alkyl halides is 3. The minimum absolute atomic E-state index is 0.0290. The molecule has 0 aliphatic carbocycles. The quantitative estimate of drug-likeness (QED) is 0.165. The molecule has 0 spiro atoms. The molecule has 0 unspecified atom stereocenters. The summed E-state index contributed by atoms with van der Waals surface area (Å²) in [4.78, 5) is 20.7. The number of carbonyl (C=O) groups is 1. The highest BCUT2D eigenvalue weighted by molar-refractivity contribution is 6.31. The van der Waals surface area contributed by atoms with Gasteiger partial charge in [-0.3, -0.25) is 9.89 Å². The number of H-pyrrole nitrogens is 1. The number of aromatic amines is 1. The molecule has 2 aromatic heterocycles. The second kappa shape index (κ2) is 10.8. The third-order valence-corrected chi connectivity index (χ3v) is 5.54. The maximum Gasteiger partial charge on any atom is 0.417 e. The zero-order chi connectivity index (χ0) is 27.4. The number of aromatic hydroxyl groups is 1. The Morgan fingerprint density at radius 2 is 1.84 bits per heavy atom. The fraction of sp³-hybridized carbons (Fsp3) is 0.167. The van der Waals surface area contributed by atoms with Crippen LogP contribution in [0.3, 0.4) is 0 Å². The van der Waals surface area contributed by atoms with Crippen LogP contribution in [0.4, 0.5) is 47.8 Å². The Balaban J connectivity index is 1.41. The van der Waals surface area contributed by atoms with Gasteiger partial charge < -0.3 is 26.4 Å². The summed E-state index contributed by atoms with van der Waals surface area (Å²) in [5, 5.41) is 27.8. The van der Waals surface area contributed by atoms with Crippen LogP contribution in [0.2, 0.25) is 5.02 Å². The summed E-state index contributed by atoms with van der Waals surface area (Å²) < 4.78 is 39.2. The number of amides is 1. The molecule has 14 heteroatoms. The Bertz CT molecular complexity index is 1480. The third kappa shape index (κ3) is 6.62. The normalized spacial score (nSPS) is 11.2. The van der Waals surface area contributed by atoms with Gasteiger partial charge in [-0.15, -0.1) is 0 Å². The van der Waals surface area contributed by atoms with E-state index in [4.69, 9.17) is 11.6 Å². The first-order chi connectivity index (χ1) is 18.0. The van der Waals surface area contributed by atoms with E-state index in [1.54, 1.807) is 24.3 Å². The molecule has 0 aliphatic rings. The number of aromatic nitrogens is 4. The van der Waals surface area contributed by atoms with Gasteiger partial charge in [0, 0.05) is 28.8 Å². The molecule has 10 nitrogen and oxygen atoms in total. The zero-order valence-corrected chi connectivity index (χ0v) is 20.8. The summed E-state index contributed by atoms with van der Waals surface area (Å²) in [5.41, 5.74) is 1.79. The molecule has 38 heavy (non-hydrogen) atoms. The molecule has 198 valence electrons. The van der Waals surface area contributed by atoms with Gasteiger partial charge in [-0.1, -0.05) is 17.7 Å².